The molecule has 0 spiro atoms. The fourth-order valence-corrected chi connectivity index (χ4v) is 3.90. The minimum atomic E-state index is -3.37. The van der Waals surface area contributed by atoms with Crippen molar-refractivity contribution in [1.29, 1.82) is 0 Å². The summed E-state index contributed by atoms with van der Waals surface area (Å²) >= 11 is 7.11. The maximum atomic E-state index is 11.7. The van der Waals surface area contributed by atoms with Crippen molar-refractivity contribution in [2.45, 2.75) is 6.42 Å². The second kappa shape index (κ2) is 5.40. The molecule has 0 fully saturated rings. The maximum Gasteiger partial charge on any atom is 0.234 e. The molecule has 1 aromatic carbocycles. The number of nitrogens with two attached hydrogens (primary N) is 1. The van der Waals surface area contributed by atoms with Gasteiger partial charge in [-0.3, -0.25) is 4.72 Å². The number of aromatic nitrogens is 1. The second-order valence-corrected chi connectivity index (χ2v) is 7.00. The Balaban J connectivity index is 2.22. The van der Waals surface area contributed by atoms with Gasteiger partial charge in [0.1, 0.15) is 0 Å². The van der Waals surface area contributed by atoms with Crippen LogP contribution >= 0.6 is 22.9 Å². The second-order valence-electron chi connectivity index (χ2n) is 3.69. The number of hydrogen-bond acceptors (Lipinski definition) is 5. The first-order valence-corrected chi connectivity index (χ1v) is 8.11. The van der Waals surface area contributed by atoms with Crippen LogP contribution in [0.3, 0.4) is 0 Å². The van der Waals surface area contributed by atoms with Crippen LogP contribution in [0.15, 0.2) is 18.2 Å². The number of halogens is 1. The van der Waals surface area contributed by atoms with Crippen molar-refractivity contribution in [3.8, 4) is 0 Å². The number of anilines is 1. The monoisotopic (exact) mass is 305 g/mol. The van der Waals surface area contributed by atoms with Crippen LogP contribution in [0, 0.1) is 0 Å². The molecule has 1 heterocycles. The first kappa shape index (κ1) is 13.5. The summed E-state index contributed by atoms with van der Waals surface area (Å²) in [6, 6.07) is 5.23. The lowest BCUT2D eigenvalue weighted by Gasteiger charge is -2.02. The van der Waals surface area contributed by atoms with Crippen molar-refractivity contribution in [3.63, 3.8) is 0 Å². The van der Waals surface area contributed by atoms with Gasteiger partial charge < -0.3 is 5.73 Å². The summed E-state index contributed by atoms with van der Waals surface area (Å²) in [5, 5.41) is 0.952. The molecule has 0 radical (unpaired) electrons. The highest BCUT2D eigenvalue weighted by Gasteiger charge is 2.13. The summed E-state index contributed by atoms with van der Waals surface area (Å²) in [4.78, 5) is 4.19. The fraction of sp³-hybridized carbons (Fsp3) is 0.300. The Kier molecular flexibility index (Phi) is 4.06. The molecule has 0 unspecified atom stereocenters. The molecule has 1 aromatic heterocycles. The molecular formula is C10H12ClN3O2S2. The van der Waals surface area contributed by atoms with Crippen LogP contribution in [0.5, 0.6) is 0 Å². The summed E-state index contributed by atoms with van der Waals surface area (Å²) in [5.74, 6) is 0.000180. The Morgan fingerprint density at radius 2 is 2.22 bits per heavy atom. The summed E-state index contributed by atoms with van der Waals surface area (Å²) in [6.45, 7) is 0.344. The summed E-state index contributed by atoms with van der Waals surface area (Å²) < 4.78 is 26.6. The quantitative estimate of drug-likeness (QED) is 0.885. The lowest BCUT2D eigenvalue weighted by atomic mass is 10.3. The fourth-order valence-electron chi connectivity index (χ4n) is 1.40. The number of benzene rings is 1. The van der Waals surface area contributed by atoms with Crippen LogP contribution < -0.4 is 10.5 Å². The molecule has 8 heteroatoms. The van der Waals surface area contributed by atoms with Gasteiger partial charge in [0, 0.05) is 5.02 Å². The van der Waals surface area contributed by atoms with Gasteiger partial charge in [0.05, 0.1) is 16.0 Å². The van der Waals surface area contributed by atoms with Crippen molar-refractivity contribution in [2.24, 2.45) is 5.73 Å². The minimum Gasteiger partial charge on any atom is -0.330 e. The molecule has 0 amide bonds. The molecule has 3 N–H and O–H groups in total. The molecular weight excluding hydrogens is 294 g/mol. The Morgan fingerprint density at radius 1 is 1.44 bits per heavy atom. The maximum absolute atomic E-state index is 11.7. The molecule has 0 aliphatic rings. The van der Waals surface area contributed by atoms with Crippen LogP contribution in [0.4, 0.5) is 5.13 Å². The average Bonchev–Trinajstić information content (AvgIpc) is 2.66. The van der Waals surface area contributed by atoms with E-state index in [9.17, 15) is 8.42 Å². The van der Waals surface area contributed by atoms with Gasteiger partial charge in [-0.15, -0.1) is 0 Å². The molecule has 0 bridgehead atoms. The predicted molar refractivity (Wildman–Crippen MR) is 75.7 cm³/mol. The number of nitrogens with zero attached hydrogens (tertiary/aromatic N) is 1. The molecule has 2 rings (SSSR count). The molecule has 0 saturated carbocycles. The summed E-state index contributed by atoms with van der Waals surface area (Å²) in [5.41, 5.74) is 6.01. The van der Waals surface area contributed by atoms with E-state index in [1.54, 1.807) is 18.2 Å². The van der Waals surface area contributed by atoms with E-state index in [4.69, 9.17) is 17.3 Å². The number of fused-ring (bicyclic) bond motifs is 1. The third-order valence-electron chi connectivity index (χ3n) is 2.21. The smallest absolute Gasteiger partial charge is 0.234 e. The predicted octanol–water partition coefficient (Wildman–Crippen LogP) is 2.04. The van der Waals surface area contributed by atoms with Crippen molar-refractivity contribution >= 4 is 48.3 Å². The molecule has 5 nitrogen and oxygen atoms in total. The standard InChI is InChI=1S/C10H12ClN3O2S2/c11-7-2-3-8-9(6-7)17-10(13-8)14-18(15,16)5-1-4-12/h2-3,6H,1,4-5,12H2,(H,13,14). The van der Waals surface area contributed by atoms with Gasteiger partial charge in [-0.05, 0) is 31.2 Å². The van der Waals surface area contributed by atoms with E-state index in [2.05, 4.69) is 9.71 Å². The van der Waals surface area contributed by atoms with Gasteiger partial charge >= 0.3 is 0 Å². The number of hydrogen-bond donors (Lipinski definition) is 2. The van der Waals surface area contributed by atoms with E-state index < -0.39 is 10.0 Å². The van der Waals surface area contributed by atoms with Crippen molar-refractivity contribution in [1.82, 2.24) is 4.98 Å². The van der Waals surface area contributed by atoms with Gasteiger partial charge in [-0.25, -0.2) is 13.4 Å². The van der Waals surface area contributed by atoms with Crippen LogP contribution in [0.2, 0.25) is 5.02 Å². The molecule has 18 heavy (non-hydrogen) atoms. The van der Waals surface area contributed by atoms with E-state index in [1.807, 2.05) is 0 Å². The normalized spacial score (nSPS) is 11.9. The molecule has 0 aliphatic carbocycles. The number of rotatable bonds is 5. The zero-order chi connectivity index (χ0) is 13.2. The zero-order valence-electron chi connectivity index (χ0n) is 9.39. The van der Waals surface area contributed by atoms with E-state index in [0.29, 0.717) is 23.1 Å². The topological polar surface area (TPSA) is 85.1 Å². The molecule has 98 valence electrons. The summed E-state index contributed by atoms with van der Waals surface area (Å²) in [6.07, 6.45) is 0.423. The van der Waals surface area contributed by atoms with Crippen LogP contribution in [-0.2, 0) is 10.0 Å². The third-order valence-corrected chi connectivity index (χ3v) is 4.84. The van der Waals surface area contributed by atoms with Gasteiger partial charge in [-0.2, -0.15) is 0 Å². The van der Waals surface area contributed by atoms with Gasteiger partial charge in [-0.1, -0.05) is 22.9 Å². The molecule has 2 aromatic rings. The van der Waals surface area contributed by atoms with E-state index in [1.165, 1.54) is 11.3 Å². The largest absolute Gasteiger partial charge is 0.330 e. The SMILES string of the molecule is NCCCS(=O)(=O)Nc1nc2ccc(Cl)cc2s1. The third kappa shape index (κ3) is 3.32. The Hall–Kier alpha value is -0.890. The number of nitrogens with one attached hydrogen (secondary N) is 1. The van der Waals surface area contributed by atoms with E-state index in [0.717, 1.165) is 10.2 Å². The molecule has 0 atom stereocenters. The first-order chi connectivity index (χ1) is 8.50. The lowest BCUT2D eigenvalue weighted by Crippen LogP contribution is -2.18. The highest BCUT2D eigenvalue weighted by molar-refractivity contribution is 7.92. The highest BCUT2D eigenvalue weighted by Crippen LogP contribution is 2.28. The van der Waals surface area contributed by atoms with Crippen molar-refractivity contribution < 1.29 is 8.42 Å². The Labute approximate surface area is 114 Å². The minimum absolute atomic E-state index is 0.000180. The van der Waals surface area contributed by atoms with Crippen LogP contribution in [0.25, 0.3) is 10.2 Å². The van der Waals surface area contributed by atoms with Gasteiger partial charge in [0.25, 0.3) is 0 Å². The zero-order valence-corrected chi connectivity index (χ0v) is 11.8. The Morgan fingerprint density at radius 3 is 2.94 bits per heavy atom. The summed E-state index contributed by atoms with van der Waals surface area (Å²) in [7, 11) is -3.37. The molecule has 0 aliphatic heterocycles. The molecule has 0 saturated heterocycles. The lowest BCUT2D eigenvalue weighted by molar-refractivity contribution is 0.598. The van der Waals surface area contributed by atoms with Gasteiger partial charge in [0.15, 0.2) is 5.13 Å². The van der Waals surface area contributed by atoms with Crippen molar-refractivity contribution in [3.05, 3.63) is 23.2 Å². The van der Waals surface area contributed by atoms with Crippen LogP contribution in [-0.4, -0.2) is 25.7 Å². The van der Waals surface area contributed by atoms with Crippen molar-refractivity contribution in [2.75, 3.05) is 17.0 Å². The van der Waals surface area contributed by atoms with E-state index >= 15 is 0 Å². The number of thiazole rings is 1. The number of sulfonamides is 1. The average molecular weight is 306 g/mol. The van der Waals surface area contributed by atoms with E-state index in [-0.39, 0.29) is 5.75 Å². The Bertz CT molecular complexity index is 654. The van der Waals surface area contributed by atoms with Gasteiger partial charge in [0.2, 0.25) is 10.0 Å². The highest BCUT2D eigenvalue weighted by atomic mass is 35.5. The van der Waals surface area contributed by atoms with Crippen LogP contribution in [0.1, 0.15) is 6.42 Å². The first-order valence-electron chi connectivity index (χ1n) is 5.27.